The van der Waals surface area contributed by atoms with Crippen LogP contribution in [0.3, 0.4) is 0 Å². The standard InChI is InChI=1S/C24H30N2O2/c1-6-26(7-2)23(28)20-10-8-9-11-21(20)25-22(27)17-14-18-12-15-19(16-13-18)24(3,4)5/h8-17H,6-7H2,1-5H3,(H,25,27)/b17-14+. The van der Waals surface area contributed by atoms with E-state index in [1.165, 1.54) is 11.6 Å². The van der Waals surface area contributed by atoms with Crippen molar-refractivity contribution < 1.29 is 9.59 Å². The maximum Gasteiger partial charge on any atom is 0.255 e. The SMILES string of the molecule is CCN(CC)C(=O)c1ccccc1NC(=O)/C=C/c1ccc(C(C)(C)C)cc1. The first-order chi connectivity index (χ1) is 13.3. The zero-order valence-electron chi connectivity index (χ0n) is 17.5. The van der Waals surface area contributed by atoms with Gasteiger partial charge in [-0.05, 0) is 48.6 Å². The number of rotatable bonds is 6. The van der Waals surface area contributed by atoms with Gasteiger partial charge in [-0.15, -0.1) is 0 Å². The molecule has 0 spiro atoms. The summed E-state index contributed by atoms with van der Waals surface area (Å²) < 4.78 is 0. The fourth-order valence-electron chi connectivity index (χ4n) is 2.90. The molecule has 0 heterocycles. The van der Waals surface area contributed by atoms with E-state index in [9.17, 15) is 9.59 Å². The molecule has 0 radical (unpaired) electrons. The Balaban J connectivity index is 2.11. The molecule has 4 heteroatoms. The summed E-state index contributed by atoms with van der Waals surface area (Å²) in [6.07, 6.45) is 3.27. The molecule has 0 fully saturated rings. The van der Waals surface area contributed by atoms with Crippen molar-refractivity contribution in [1.82, 2.24) is 4.90 Å². The average molecular weight is 379 g/mol. The molecule has 0 unspecified atom stereocenters. The second-order valence-electron chi connectivity index (χ2n) is 7.72. The average Bonchev–Trinajstić information content (AvgIpc) is 2.67. The number of carbonyl (C=O) groups is 2. The van der Waals surface area contributed by atoms with Gasteiger partial charge in [-0.25, -0.2) is 0 Å². The van der Waals surface area contributed by atoms with Gasteiger partial charge in [0.25, 0.3) is 5.91 Å². The molecular formula is C24H30N2O2. The quantitative estimate of drug-likeness (QED) is 0.710. The molecule has 148 valence electrons. The van der Waals surface area contributed by atoms with Crippen molar-refractivity contribution in [2.75, 3.05) is 18.4 Å². The van der Waals surface area contributed by atoms with Crippen LogP contribution >= 0.6 is 0 Å². The van der Waals surface area contributed by atoms with Crippen molar-refractivity contribution in [1.29, 1.82) is 0 Å². The molecule has 0 bridgehead atoms. The lowest BCUT2D eigenvalue weighted by Crippen LogP contribution is -2.31. The first-order valence-corrected chi connectivity index (χ1v) is 9.74. The summed E-state index contributed by atoms with van der Waals surface area (Å²) in [6, 6.07) is 15.3. The zero-order valence-corrected chi connectivity index (χ0v) is 17.5. The van der Waals surface area contributed by atoms with Crippen molar-refractivity contribution in [2.24, 2.45) is 0 Å². The lowest BCUT2D eigenvalue weighted by Gasteiger charge is -2.20. The van der Waals surface area contributed by atoms with Crippen LogP contribution in [0.2, 0.25) is 0 Å². The van der Waals surface area contributed by atoms with Gasteiger partial charge in [0.15, 0.2) is 0 Å². The van der Waals surface area contributed by atoms with Gasteiger partial charge in [-0.2, -0.15) is 0 Å². The van der Waals surface area contributed by atoms with Crippen LogP contribution in [0.15, 0.2) is 54.6 Å². The molecule has 0 aromatic heterocycles. The van der Waals surface area contributed by atoms with Gasteiger partial charge in [-0.1, -0.05) is 57.2 Å². The first-order valence-electron chi connectivity index (χ1n) is 9.74. The monoisotopic (exact) mass is 378 g/mol. The Hall–Kier alpha value is -2.88. The topological polar surface area (TPSA) is 49.4 Å². The molecule has 0 saturated heterocycles. The molecule has 0 aliphatic rings. The van der Waals surface area contributed by atoms with Crippen molar-refractivity contribution in [3.05, 3.63) is 71.3 Å². The highest BCUT2D eigenvalue weighted by Gasteiger charge is 2.17. The van der Waals surface area contributed by atoms with E-state index < -0.39 is 0 Å². The molecule has 0 aliphatic heterocycles. The van der Waals surface area contributed by atoms with E-state index in [4.69, 9.17) is 0 Å². The van der Waals surface area contributed by atoms with Gasteiger partial charge in [0.2, 0.25) is 5.91 Å². The second-order valence-corrected chi connectivity index (χ2v) is 7.72. The third-order valence-electron chi connectivity index (χ3n) is 4.67. The van der Waals surface area contributed by atoms with E-state index in [0.717, 1.165) is 5.56 Å². The van der Waals surface area contributed by atoms with E-state index in [-0.39, 0.29) is 17.2 Å². The molecule has 4 nitrogen and oxygen atoms in total. The normalized spacial score (nSPS) is 11.5. The van der Waals surface area contributed by atoms with Crippen LogP contribution in [-0.4, -0.2) is 29.8 Å². The molecule has 2 rings (SSSR count). The lowest BCUT2D eigenvalue weighted by atomic mass is 9.87. The van der Waals surface area contributed by atoms with Gasteiger partial charge in [0.1, 0.15) is 0 Å². The van der Waals surface area contributed by atoms with Crippen LogP contribution in [0.4, 0.5) is 5.69 Å². The second kappa shape index (κ2) is 9.36. The summed E-state index contributed by atoms with van der Waals surface area (Å²) in [6.45, 7) is 11.6. The third kappa shape index (κ3) is 5.56. The molecule has 2 aromatic carbocycles. The van der Waals surface area contributed by atoms with Gasteiger partial charge < -0.3 is 10.2 Å². The fourth-order valence-corrected chi connectivity index (χ4v) is 2.90. The summed E-state index contributed by atoms with van der Waals surface area (Å²) >= 11 is 0. The molecule has 0 saturated carbocycles. The van der Waals surface area contributed by atoms with E-state index in [2.05, 4.69) is 38.2 Å². The number of nitrogens with one attached hydrogen (secondary N) is 1. The predicted octanol–water partition coefficient (Wildman–Crippen LogP) is 5.12. The molecule has 0 aliphatic carbocycles. The highest BCUT2D eigenvalue weighted by Crippen LogP contribution is 2.22. The fraction of sp³-hybridized carbons (Fsp3) is 0.333. The minimum Gasteiger partial charge on any atom is -0.339 e. The van der Waals surface area contributed by atoms with Crippen molar-refractivity contribution >= 4 is 23.6 Å². The van der Waals surface area contributed by atoms with Crippen molar-refractivity contribution in [2.45, 2.75) is 40.0 Å². The highest BCUT2D eigenvalue weighted by atomic mass is 16.2. The summed E-state index contributed by atoms with van der Waals surface area (Å²) in [5.74, 6) is -0.345. The van der Waals surface area contributed by atoms with Crippen LogP contribution in [-0.2, 0) is 10.2 Å². The van der Waals surface area contributed by atoms with Crippen LogP contribution < -0.4 is 5.32 Å². The third-order valence-corrected chi connectivity index (χ3v) is 4.67. The van der Waals surface area contributed by atoms with Gasteiger partial charge in [0.05, 0.1) is 11.3 Å². The van der Waals surface area contributed by atoms with Gasteiger partial charge in [-0.3, -0.25) is 9.59 Å². The Morgan fingerprint density at radius 2 is 1.57 bits per heavy atom. The van der Waals surface area contributed by atoms with E-state index in [1.807, 2.05) is 32.0 Å². The Kier molecular flexibility index (Phi) is 7.16. The van der Waals surface area contributed by atoms with E-state index >= 15 is 0 Å². The molecule has 1 N–H and O–H groups in total. The largest absolute Gasteiger partial charge is 0.339 e. The Morgan fingerprint density at radius 3 is 2.14 bits per heavy atom. The summed E-state index contributed by atoms with van der Waals surface area (Å²) in [7, 11) is 0. The van der Waals surface area contributed by atoms with Crippen LogP contribution in [0, 0.1) is 0 Å². The number of hydrogen-bond donors (Lipinski definition) is 1. The van der Waals surface area contributed by atoms with Crippen LogP contribution in [0.5, 0.6) is 0 Å². The highest BCUT2D eigenvalue weighted by molar-refractivity contribution is 6.07. The number of nitrogens with zero attached hydrogens (tertiary/aromatic N) is 1. The number of benzene rings is 2. The summed E-state index contributed by atoms with van der Waals surface area (Å²) in [4.78, 5) is 26.8. The predicted molar refractivity (Wildman–Crippen MR) is 116 cm³/mol. The van der Waals surface area contributed by atoms with Crippen molar-refractivity contribution in [3.8, 4) is 0 Å². The minimum absolute atomic E-state index is 0.0809. The lowest BCUT2D eigenvalue weighted by molar-refractivity contribution is -0.111. The maximum absolute atomic E-state index is 12.7. The number of carbonyl (C=O) groups excluding carboxylic acids is 2. The Bertz CT molecular complexity index is 842. The van der Waals surface area contributed by atoms with Crippen LogP contribution in [0.1, 0.15) is 56.1 Å². The number of para-hydroxylation sites is 1. The van der Waals surface area contributed by atoms with Gasteiger partial charge >= 0.3 is 0 Å². The summed E-state index contributed by atoms with van der Waals surface area (Å²) in [5.41, 5.74) is 3.33. The van der Waals surface area contributed by atoms with Crippen LogP contribution in [0.25, 0.3) is 6.08 Å². The molecule has 28 heavy (non-hydrogen) atoms. The zero-order chi connectivity index (χ0) is 20.7. The van der Waals surface area contributed by atoms with E-state index in [1.54, 1.807) is 29.2 Å². The van der Waals surface area contributed by atoms with E-state index in [0.29, 0.717) is 24.3 Å². The number of anilines is 1. The Labute approximate surface area is 168 Å². The maximum atomic E-state index is 12.7. The molecule has 0 atom stereocenters. The Morgan fingerprint density at radius 1 is 0.964 bits per heavy atom. The molecule has 2 aromatic rings. The molecular weight excluding hydrogens is 348 g/mol. The smallest absolute Gasteiger partial charge is 0.255 e. The number of hydrogen-bond acceptors (Lipinski definition) is 2. The van der Waals surface area contributed by atoms with Crippen molar-refractivity contribution in [3.63, 3.8) is 0 Å². The molecule has 2 amide bonds. The first kappa shape index (κ1) is 21.4. The minimum atomic E-state index is -0.264. The number of amides is 2. The van der Waals surface area contributed by atoms with Gasteiger partial charge in [0, 0.05) is 19.2 Å². The summed E-state index contributed by atoms with van der Waals surface area (Å²) in [5, 5.41) is 2.83.